The minimum absolute atomic E-state index is 0.0345. The Hall–Kier alpha value is -2.79. The van der Waals surface area contributed by atoms with Crippen LogP contribution in [0.2, 0.25) is 5.02 Å². The molecule has 3 aromatic rings. The van der Waals surface area contributed by atoms with Crippen LogP contribution in [0.1, 0.15) is 15.9 Å². The molecule has 0 aliphatic carbocycles. The lowest BCUT2D eigenvalue weighted by molar-refractivity contribution is -0.137. The standard InChI is InChI=1S/C20H13ClF3NO/c21-17-11-10-16(20(22,23)24)12-18(17)25-19(26)15-8-6-14(7-9-15)13-4-2-1-3-5-13/h1-12H,(H,25,26). The summed E-state index contributed by atoms with van der Waals surface area (Å²) in [5.41, 5.74) is 1.29. The number of benzene rings is 3. The number of amides is 1. The molecule has 26 heavy (non-hydrogen) atoms. The predicted octanol–water partition coefficient (Wildman–Crippen LogP) is 6.28. The third-order valence-corrected chi connectivity index (χ3v) is 4.13. The lowest BCUT2D eigenvalue weighted by Gasteiger charge is -2.12. The minimum atomic E-state index is -4.51. The average molecular weight is 376 g/mol. The normalized spacial score (nSPS) is 11.2. The zero-order valence-electron chi connectivity index (χ0n) is 13.3. The fraction of sp³-hybridized carbons (Fsp3) is 0.0500. The smallest absolute Gasteiger partial charge is 0.321 e. The predicted molar refractivity (Wildman–Crippen MR) is 96.3 cm³/mol. The Morgan fingerprint density at radius 2 is 1.46 bits per heavy atom. The molecule has 0 bridgehead atoms. The van der Waals surface area contributed by atoms with E-state index in [9.17, 15) is 18.0 Å². The molecule has 0 unspecified atom stereocenters. The third-order valence-electron chi connectivity index (χ3n) is 3.80. The van der Waals surface area contributed by atoms with Gasteiger partial charge in [-0.05, 0) is 41.5 Å². The van der Waals surface area contributed by atoms with E-state index in [2.05, 4.69) is 5.32 Å². The third kappa shape index (κ3) is 4.06. The van der Waals surface area contributed by atoms with E-state index in [1.165, 1.54) is 0 Å². The molecule has 0 fully saturated rings. The second-order valence-corrected chi connectivity index (χ2v) is 6.00. The van der Waals surface area contributed by atoms with E-state index in [1.54, 1.807) is 24.3 Å². The van der Waals surface area contributed by atoms with Crippen molar-refractivity contribution in [2.75, 3.05) is 5.32 Å². The molecule has 3 aromatic carbocycles. The van der Waals surface area contributed by atoms with Gasteiger partial charge in [0.05, 0.1) is 16.3 Å². The molecule has 0 aliphatic rings. The zero-order chi connectivity index (χ0) is 18.7. The van der Waals surface area contributed by atoms with Crippen molar-refractivity contribution in [3.05, 3.63) is 88.9 Å². The van der Waals surface area contributed by atoms with Crippen LogP contribution in [0.4, 0.5) is 18.9 Å². The molecule has 132 valence electrons. The van der Waals surface area contributed by atoms with Crippen LogP contribution < -0.4 is 5.32 Å². The molecule has 0 radical (unpaired) electrons. The molecule has 0 saturated carbocycles. The molecule has 6 heteroatoms. The molecular formula is C20H13ClF3NO. The number of anilines is 1. The molecule has 0 saturated heterocycles. The first-order valence-electron chi connectivity index (χ1n) is 7.68. The fourth-order valence-electron chi connectivity index (χ4n) is 2.44. The lowest BCUT2D eigenvalue weighted by atomic mass is 10.0. The highest BCUT2D eigenvalue weighted by Gasteiger charge is 2.31. The van der Waals surface area contributed by atoms with Crippen molar-refractivity contribution in [3.63, 3.8) is 0 Å². The summed E-state index contributed by atoms with van der Waals surface area (Å²) in [4.78, 5) is 12.3. The van der Waals surface area contributed by atoms with Crippen molar-refractivity contribution in [2.24, 2.45) is 0 Å². The molecule has 0 aromatic heterocycles. The van der Waals surface area contributed by atoms with Gasteiger partial charge < -0.3 is 5.32 Å². The first-order valence-corrected chi connectivity index (χ1v) is 8.06. The second-order valence-electron chi connectivity index (χ2n) is 5.59. The van der Waals surface area contributed by atoms with E-state index in [4.69, 9.17) is 11.6 Å². The highest BCUT2D eigenvalue weighted by atomic mass is 35.5. The summed E-state index contributed by atoms with van der Waals surface area (Å²) < 4.78 is 38.4. The maximum Gasteiger partial charge on any atom is 0.416 e. The van der Waals surface area contributed by atoms with Crippen molar-refractivity contribution in [3.8, 4) is 11.1 Å². The van der Waals surface area contributed by atoms with E-state index in [0.29, 0.717) is 5.56 Å². The van der Waals surface area contributed by atoms with Gasteiger partial charge in [-0.25, -0.2) is 0 Å². The van der Waals surface area contributed by atoms with E-state index in [1.807, 2.05) is 30.3 Å². The van der Waals surface area contributed by atoms with Crippen molar-refractivity contribution in [1.82, 2.24) is 0 Å². The fourth-order valence-corrected chi connectivity index (χ4v) is 2.60. The van der Waals surface area contributed by atoms with Crippen molar-refractivity contribution >= 4 is 23.2 Å². The van der Waals surface area contributed by atoms with E-state index in [0.717, 1.165) is 29.3 Å². The summed E-state index contributed by atoms with van der Waals surface area (Å²) in [6.45, 7) is 0. The number of carbonyl (C=O) groups is 1. The van der Waals surface area contributed by atoms with Gasteiger partial charge in [0.15, 0.2) is 0 Å². The van der Waals surface area contributed by atoms with Crippen LogP contribution in [-0.4, -0.2) is 5.91 Å². The van der Waals surface area contributed by atoms with Crippen LogP contribution in [0.25, 0.3) is 11.1 Å². The molecule has 1 N–H and O–H groups in total. The topological polar surface area (TPSA) is 29.1 Å². The first-order chi connectivity index (χ1) is 12.3. The summed E-state index contributed by atoms with van der Waals surface area (Å²) in [5.74, 6) is -0.536. The minimum Gasteiger partial charge on any atom is -0.321 e. The van der Waals surface area contributed by atoms with Crippen LogP contribution in [-0.2, 0) is 6.18 Å². The molecule has 0 atom stereocenters. The van der Waals surface area contributed by atoms with Crippen LogP contribution in [0, 0.1) is 0 Å². The van der Waals surface area contributed by atoms with Gasteiger partial charge in [0.25, 0.3) is 5.91 Å². The number of carbonyl (C=O) groups excluding carboxylic acids is 1. The van der Waals surface area contributed by atoms with Gasteiger partial charge in [0, 0.05) is 5.56 Å². The van der Waals surface area contributed by atoms with E-state index in [-0.39, 0.29) is 10.7 Å². The molecule has 2 nitrogen and oxygen atoms in total. The number of rotatable bonds is 3. The molecule has 0 spiro atoms. The number of nitrogens with one attached hydrogen (secondary N) is 1. The van der Waals surface area contributed by atoms with Gasteiger partial charge in [0.1, 0.15) is 0 Å². The van der Waals surface area contributed by atoms with Gasteiger partial charge in [-0.15, -0.1) is 0 Å². The van der Waals surface area contributed by atoms with Crippen molar-refractivity contribution in [2.45, 2.75) is 6.18 Å². The average Bonchev–Trinajstić information content (AvgIpc) is 2.63. The maximum atomic E-state index is 12.8. The molecule has 0 heterocycles. The Balaban J connectivity index is 1.80. The first kappa shape index (κ1) is 18.0. The molecule has 0 aliphatic heterocycles. The Morgan fingerprint density at radius 1 is 0.846 bits per heavy atom. The highest BCUT2D eigenvalue weighted by molar-refractivity contribution is 6.34. The quantitative estimate of drug-likeness (QED) is 0.573. The van der Waals surface area contributed by atoms with Crippen LogP contribution in [0.5, 0.6) is 0 Å². The van der Waals surface area contributed by atoms with E-state index < -0.39 is 17.6 Å². The van der Waals surface area contributed by atoms with Gasteiger partial charge in [-0.1, -0.05) is 54.1 Å². The van der Waals surface area contributed by atoms with Gasteiger partial charge in [-0.2, -0.15) is 13.2 Å². The SMILES string of the molecule is O=C(Nc1cc(C(F)(F)F)ccc1Cl)c1ccc(-c2ccccc2)cc1. The summed E-state index contributed by atoms with van der Waals surface area (Å²) in [5, 5.41) is 2.46. The lowest BCUT2D eigenvalue weighted by Crippen LogP contribution is -2.13. The molecule has 1 amide bonds. The summed E-state index contributed by atoms with van der Waals surface area (Å²) in [6, 6.07) is 19.2. The largest absolute Gasteiger partial charge is 0.416 e. The Morgan fingerprint density at radius 3 is 2.08 bits per heavy atom. The maximum absolute atomic E-state index is 12.8. The Labute approximate surface area is 153 Å². The number of halogens is 4. The van der Waals surface area contributed by atoms with Crippen LogP contribution >= 0.6 is 11.6 Å². The zero-order valence-corrected chi connectivity index (χ0v) is 14.1. The van der Waals surface area contributed by atoms with Crippen molar-refractivity contribution < 1.29 is 18.0 Å². The number of hydrogen-bond donors (Lipinski definition) is 1. The van der Waals surface area contributed by atoms with Gasteiger partial charge in [0.2, 0.25) is 0 Å². The monoisotopic (exact) mass is 375 g/mol. The molecular weight excluding hydrogens is 363 g/mol. The van der Waals surface area contributed by atoms with Crippen LogP contribution in [0.15, 0.2) is 72.8 Å². The highest BCUT2D eigenvalue weighted by Crippen LogP contribution is 2.34. The number of hydrogen-bond acceptors (Lipinski definition) is 1. The molecule has 3 rings (SSSR count). The number of alkyl halides is 3. The summed E-state index contributed by atoms with van der Waals surface area (Å²) in [6.07, 6.45) is -4.51. The van der Waals surface area contributed by atoms with Crippen LogP contribution in [0.3, 0.4) is 0 Å². The Kier molecular flexibility index (Phi) is 5.00. The Bertz CT molecular complexity index is 922. The summed E-state index contributed by atoms with van der Waals surface area (Å²) in [7, 11) is 0. The second kappa shape index (κ2) is 7.22. The summed E-state index contributed by atoms with van der Waals surface area (Å²) >= 11 is 5.90. The van der Waals surface area contributed by atoms with E-state index >= 15 is 0 Å². The van der Waals surface area contributed by atoms with Gasteiger partial charge in [-0.3, -0.25) is 4.79 Å². The van der Waals surface area contributed by atoms with Gasteiger partial charge >= 0.3 is 6.18 Å². The van der Waals surface area contributed by atoms with Crippen molar-refractivity contribution in [1.29, 1.82) is 0 Å².